The van der Waals surface area contributed by atoms with E-state index >= 15 is 0 Å². The summed E-state index contributed by atoms with van der Waals surface area (Å²) in [5.41, 5.74) is -1.45. The second-order valence-corrected chi connectivity index (χ2v) is 4.18. The number of anilines is 1. The van der Waals surface area contributed by atoms with E-state index in [0.29, 0.717) is 0 Å². The summed E-state index contributed by atoms with van der Waals surface area (Å²) in [5, 5.41) is 11.7. The van der Waals surface area contributed by atoms with Crippen LogP contribution in [0.3, 0.4) is 0 Å². The first-order chi connectivity index (χ1) is 8.81. The van der Waals surface area contributed by atoms with E-state index < -0.39 is 11.2 Å². The van der Waals surface area contributed by atoms with Gasteiger partial charge in [0.25, 0.3) is 5.56 Å². The zero-order valence-corrected chi connectivity index (χ0v) is 11.2. The second kappa shape index (κ2) is 5.39. The first-order valence-electron chi connectivity index (χ1n) is 5.45. The lowest BCUT2D eigenvalue weighted by atomic mass is 10.3. The number of hydrogen-bond donors (Lipinski definition) is 1. The number of carbonyl (C=O) groups excluding carboxylic acids is 1. The zero-order valence-electron chi connectivity index (χ0n) is 11.2. The van der Waals surface area contributed by atoms with E-state index in [1.165, 1.54) is 19.0 Å². The van der Waals surface area contributed by atoms with Gasteiger partial charge < -0.3 is 10.2 Å². The molecule has 1 aromatic rings. The maximum absolute atomic E-state index is 11.8. The number of aromatic nitrogens is 2. The van der Waals surface area contributed by atoms with E-state index in [1.54, 1.807) is 20.2 Å². The minimum atomic E-state index is -0.689. The number of likely N-dealkylation sites (N-methyl/N-ethyl adjacent to an activating group) is 1. The van der Waals surface area contributed by atoms with Crippen LogP contribution in [-0.4, -0.2) is 40.6 Å². The van der Waals surface area contributed by atoms with Gasteiger partial charge in [0.05, 0.1) is 6.54 Å². The Bertz CT molecular complexity index is 663. The number of carbonyl (C=O) groups is 1. The van der Waals surface area contributed by atoms with Crippen LogP contribution in [-0.2, 0) is 18.9 Å². The molecule has 0 aromatic carbocycles. The molecule has 1 N–H and O–H groups in total. The maximum atomic E-state index is 11.8. The molecule has 0 aliphatic heterocycles. The Morgan fingerprint density at radius 2 is 1.89 bits per heavy atom. The number of hydrogen-bond acceptors (Lipinski definition) is 5. The van der Waals surface area contributed by atoms with Crippen molar-refractivity contribution in [3.8, 4) is 6.07 Å². The highest BCUT2D eigenvalue weighted by atomic mass is 16.2. The summed E-state index contributed by atoms with van der Waals surface area (Å²) < 4.78 is 1.97. The van der Waals surface area contributed by atoms with Gasteiger partial charge in [-0.15, -0.1) is 0 Å². The van der Waals surface area contributed by atoms with Crippen LogP contribution in [0.4, 0.5) is 5.82 Å². The monoisotopic (exact) mass is 265 g/mol. The Hall–Kier alpha value is -2.56. The third kappa shape index (κ3) is 2.65. The summed E-state index contributed by atoms with van der Waals surface area (Å²) in [6.07, 6.45) is 0. The maximum Gasteiger partial charge on any atom is 0.332 e. The van der Waals surface area contributed by atoms with E-state index in [4.69, 9.17) is 5.26 Å². The van der Waals surface area contributed by atoms with Gasteiger partial charge in [-0.3, -0.25) is 18.7 Å². The van der Waals surface area contributed by atoms with Crippen LogP contribution in [0, 0.1) is 11.3 Å². The Balaban J connectivity index is 3.29. The van der Waals surface area contributed by atoms with Crippen molar-refractivity contribution in [1.82, 2.24) is 14.0 Å². The zero-order chi connectivity index (χ0) is 14.7. The van der Waals surface area contributed by atoms with Crippen LogP contribution in [0.15, 0.2) is 9.59 Å². The van der Waals surface area contributed by atoms with Crippen LogP contribution < -0.4 is 16.6 Å². The highest BCUT2D eigenvalue weighted by Crippen LogP contribution is 2.06. The molecule has 0 spiro atoms. The molecule has 0 saturated carbocycles. The number of amides is 1. The van der Waals surface area contributed by atoms with E-state index in [1.807, 2.05) is 0 Å². The Kier molecular flexibility index (Phi) is 4.11. The molecule has 1 rings (SSSR count). The Labute approximate surface area is 109 Å². The van der Waals surface area contributed by atoms with Crippen molar-refractivity contribution < 1.29 is 4.79 Å². The van der Waals surface area contributed by atoms with Gasteiger partial charge in [0.15, 0.2) is 5.56 Å². The third-order valence-electron chi connectivity index (χ3n) is 2.68. The number of nitrogens with one attached hydrogen (secondary N) is 1. The molecule has 1 amide bonds. The van der Waals surface area contributed by atoms with Crippen molar-refractivity contribution in [3.05, 3.63) is 26.4 Å². The van der Waals surface area contributed by atoms with E-state index in [0.717, 1.165) is 9.13 Å². The molecule has 0 aliphatic rings. The lowest BCUT2D eigenvalue weighted by molar-refractivity contribution is -0.126. The largest absolute Gasteiger partial charge is 0.361 e. The van der Waals surface area contributed by atoms with Gasteiger partial charge in [-0.2, -0.15) is 5.26 Å². The second-order valence-electron chi connectivity index (χ2n) is 4.18. The average Bonchev–Trinajstić information content (AvgIpc) is 2.38. The smallest absolute Gasteiger partial charge is 0.332 e. The molecule has 8 nitrogen and oxygen atoms in total. The number of rotatable bonds is 3. The van der Waals surface area contributed by atoms with Gasteiger partial charge in [0.1, 0.15) is 11.9 Å². The summed E-state index contributed by atoms with van der Waals surface area (Å²) in [7, 11) is 5.88. The summed E-state index contributed by atoms with van der Waals surface area (Å²) in [5.74, 6) is -0.192. The summed E-state index contributed by atoms with van der Waals surface area (Å²) in [4.78, 5) is 36.3. The van der Waals surface area contributed by atoms with Crippen molar-refractivity contribution in [2.24, 2.45) is 14.1 Å². The van der Waals surface area contributed by atoms with Gasteiger partial charge >= 0.3 is 5.69 Å². The van der Waals surface area contributed by atoms with Crippen molar-refractivity contribution in [2.75, 3.05) is 26.0 Å². The van der Waals surface area contributed by atoms with Crippen molar-refractivity contribution in [2.45, 2.75) is 0 Å². The average molecular weight is 265 g/mol. The molecule has 0 saturated heterocycles. The fraction of sp³-hybridized carbons (Fsp3) is 0.455. The molecule has 1 aromatic heterocycles. The quantitative estimate of drug-likeness (QED) is 0.713. The highest BCUT2D eigenvalue weighted by molar-refractivity contribution is 5.80. The lowest BCUT2D eigenvalue weighted by Crippen LogP contribution is -2.40. The van der Waals surface area contributed by atoms with E-state index in [-0.39, 0.29) is 23.8 Å². The molecular weight excluding hydrogens is 250 g/mol. The van der Waals surface area contributed by atoms with Gasteiger partial charge in [-0.25, -0.2) is 4.79 Å². The first-order valence-corrected chi connectivity index (χ1v) is 5.45. The molecule has 102 valence electrons. The van der Waals surface area contributed by atoms with Crippen molar-refractivity contribution >= 4 is 11.7 Å². The predicted molar refractivity (Wildman–Crippen MR) is 68.8 cm³/mol. The summed E-state index contributed by atoms with van der Waals surface area (Å²) >= 11 is 0. The van der Waals surface area contributed by atoms with Crippen molar-refractivity contribution in [1.29, 1.82) is 5.26 Å². The molecule has 19 heavy (non-hydrogen) atoms. The Morgan fingerprint density at radius 3 is 2.37 bits per heavy atom. The lowest BCUT2D eigenvalue weighted by Gasteiger charge is -2.15. The minimum absolute atomic E-state index is 0.0470. The van der Waals surface area contributed by atoms with Gasteiger partial charge in [0, 0.05) is 28.2 Å². The van der Waals surface area contributed by atoms with Gasteiger partial charge in [0.2, 0.25) is 5.91 Å². The molecule has 0 fully saturated rings. The molecule has 0 unspecified atom stereocenters. The molecular formula is C11H15N5O3. The van der Waals surface area contributed by atoms with Crippen LogP contribution in [0.2, 0.25) is 0 Å². The molecule has 0 bridgehead atoms. The Morgan fingerprint density at radius 1 is 1.32 bits per heavy atom. The molecule has 0 aliphatic carbocycles. The van der Waals surface area contributed by atoms with E-state index in [2.05, 4.69) is 5.32 Å². The van der Waals surface area contributed by atoms with Crippen LogP contribution in [0.1, 0.15) is 5.56 Å². The predicted octanol–water partition coefficient (Wildman–Crippen LogP) is -1.54. The fourth-order valence-electron chi connectivity index (χ4n) is 1.47. The molecule has 0 radical (unpaired) electrons. The third-order valence-corrected chi connectivity index (χ3v) is 2.68. The van der Waals surface area contributed by atoms with Gasteiger partial charge in [-0.05, 0) is 0 Å². The minimum Gasteiger partial charge on any atom is -0.361 e. The standard InChI is InChI=1S/C11H15N5O3/c1-14(2)8(17)6-13-9-7(5-12)10(18)16(4)11(19)15(9)3/h13H,6H2,1-4H3. The fourth-order valence-corrected chi connectivity index (χ4v) is 1.47. The number of nitriles is 1. The first kappa shape index (κ1) is 14.5. The molecule has 1 heterocycles. The van der Waals surface area contributed by atoms with Crippen molar-refractivity contribution in [3.63, 3.8) is 0 Å². The highest BCUT2D eigenvalue weighted by Gasteiger charge is 2.16. The summed E-state index contributed by atoms with van der Waals surface area (Å²) in [6.45, 7) is -0.109. The van der Waals surface area contributed by atoms with Crippen LogP contribution in [0.5, 0.6) is 0 Å². The number of nitrogens with zero attached hydrogens (tertiary/aromatic N) is 4. The van der Waals surface area contributed by atoms with Gasteiger partial charge in [-0.1, -0.05) is 0 Å². The molecule has 8 heteroatoms. The topological polar surface area (TPSA) is 100 Å². The van der Waals surface area contributed by atoms with E-state index in [9.17, 15) is 14.4 Å². The summed E-state index contributed by atoms with van der Waals surface area (Å²) in [6, 6.07) is 1.75. The molecule has 0 atom stereocenters. The SMILES string of the molecule is CN(C)C(=O)CNc1c(C#N)c(=O)n(C)c(=O)n1C. The normalized spacial score (nSPS) is 9.84. The van der Waals surface area contributed by atoms with Crippen LogP contribution >= 0.6 is 0 Å². The van der Waals surface area contributed by atoms with Crippen LogP contribution in [0.25, 0.3) is 0 Å².